The summed E-state index contributed by atoms with van der Waals surface area (Å²) in [5.41, 5.74) is 1.99. The second kappa shape index (κ2) is 6.43. The minimum absolute atomic E-state index is 0.361. The average Bonchev–Trinajstić information content (AvgIpc) is 2.48. The molecule has 108 valence electrons. The molecule has 4 heteroatoms. The van der Waals surface area contributed by atoms with Gasteiger partial charge in [-0.15, -0.1) is 0 Å². The van der Waals surface area contributed by atoms with Crippen molar-refractivity contribution in [2.75, 3.05) is 6.61 Å². The third kappa shape index (κ3) is 2.89. The van der Waals surface area contributed by atoms with E-state index in [1.807, 2.05) is 50.3 Å². The third-order valence-corrected chi connectivity index (χ3v) is 5.30. The van der Waals surface area contributed by atoms with E-state index in [0.29, 0.717) is 11.9 Å². The SMILES string of the molecule is CCOP1(=O)OC(CC)=C(CC)C=C1c1ccccc1. The molecule has 0 saturated carbocycles. The highest BCUT2D eigenvalue weighted by atomic mass is 31.2. The van der Waals surface area contributed by atoms with E-state index in [1.54, 1.807) is 0 Å². The molecule has 0 amide bonds. The van der Waals surface area contributed by atoms with E-state index in [9.17, 15) is 4.57 Å². The summed E-state index contributed by atoms with van der Waals surface area (Å²) in [6, 6.07) is 9.66. The van der Waals surface area contributed by atoms with Gasteiger partial charge in [0.25, 0.3) is 0 Å². The highest BCUT2D eigenvalue weighted by molar-refractivity contribution is 7.65. The summed E-state index contributed by atoms with van der Waals surface area (Å²) in [5, 5.41) is 0.661. The Labute approximate surface area is 120 Å². The van der Waals surface area contributed by atoms with Gasteiger partial charge in [0.05, 0.1) is 11.9 Å². The van der Waals surface area contributed by atoms with Gasteiger partial charge in [-0.2, -0.15) is 0 Å². The standard InChI is InChI=1S/C16H21O3P/c1-4-13-12-16(14-10-8-7-9-11-14)20(17,18-6-3)19-15(13)5-2/h7-12H,4-6H2,1-3H3. The molecule has 1 aliphatic heterocycles. The molecule has 3 nitrogen and oxygen atoms in total. The highest BCUT2D eigenvalue weighted by Gasteiger charge is 2.36. The lowest BCUT2D eigenvalue weighted by Crippen LogP contribution is -2.05. The van der Waals surface area contributed by atoms with Crippen molar-refractivity contribution in [3.63, 3.8) is 0 Å². The molecule has 1 aliphatic rings. The molecule has 0 radical (unpaired) electrons. The maximum Gasteiger partial charge on any atom is 0.411 e. The molecule has 0 aromatic heterocycles. The minimum Gasteiger partial charge on any atom is -0.425 e. The normalized spacial score (nSPS) is 22.4. The molecule has 0 fully saturated rings. The van der Waals surface area contributed by atoms with Crippen LogP contribution in [0.4, 0.5) is 0 Å². The van der Waals surface area contributed by atoms with Crippen molar-refractivity contribution in [2.45, 2.75) is 33.6 Å². The van der Waals surface area contributed by atoms with Crippen LogP contribution < -0.4 is 0 Å². The molecule has 20 heavy (non-hydrogen) atoms. The summed E-state index contributed by atoms with van der Waals surface area (Å²) in [7, 11) is -3.27. The van der Waals surface area contributed by atoms with Crippen LogP contribution in [0.15, 0.2) is 47.7 Å². The minimum atomic E-state index is -3.27. The summed E-state index contributed by atoms with van der Waals surface area (Å²) >= 11 is 0. The van der Waals surface area contributed by atoms with Crippen LogP contribution in [0.3, 0.4) is 0 Å². The Balaban J connectivity index is 2.54. The smallest absolute Gasteiger partial charge is 0.411 e. The predicted molar refractivity (Wildman–Crippen MR) is 82.3 cm³/mol. The number of hydrogen-bond donors (Lipinski definition) is 0. The molecule has 0 aliphatic carbocycles. The first-order valence-electron chi connectivity index (χ1n) is 7.08. The van der Waals surface area contributed by atoms with Gasteiger partial charge in [-0.1, -0.05) is 44.2 Å². The molecule has 1 aromatic rings. The largest absolute Gasteiger partial charge is 0.425 e. The number of hydrogen-bond acceptors (Lipinski definition) is 3. The summed E-state index contributed by atoms with van der Waals surface area (Å²) in [5.74, 6) is 0.781. The molecule has 2 rings (SSSR count). The summed E-state index contributed by atoms with van der Waals surface area (Å²) in [4.78, 5) is 0. The van der Waals surface area contributed by atoms with Crippen molar-refractivity contribution in [2.24, 2.45) is 0 Å². The van der Waals surface area contributed by atoms with Crippen LogP contribution in [-0.4, -0.2) is 6.61 Å². The zero-order valence-corrected chi connectivity index (χ0v) is 13.2. The number of rotatable bonds is 5. The second-order valence-corrected chi connectivity index (χ2v) is 6.48. The maximum absolute atomic E-state index is 13.0. The molecule has 1 unspecified atom stereocenters. The molecule has 1 aromatic carbocycles. The lowest BCUT2D eigenvalue weighted by Gasteiger charge is -2.28. The van der Waals surface area contributed by atoms with Crippen LogP contribution in [0.2, 0.25) is 0 Å². The molecule has 0 saturated heterocycles. The predicted octanol–water partition coefficient (Wildman–Crippen LogP) is 5.36. The quantitative estimate of drug-likeness (QED) is 0.685. The van der Waals surface area contributed by atoms with Gasteiger partial charge in [0.2, 0.25) is 0 Å². The number of benzene rings is 1. The lowest BCUT2D eigenvalue weighted by atomic mass is 10.1. The fraction of sp³-hybridized carbons (Fsp3) is 0.375. The van der Waals surface area contributed by atoms with E-state index in [1.165, 1.54) is 0 Å². The van der Waals surface area contributed by atoms with Gasteiger partial charge in [-0.25, -0.2) is 4.57 Å². The van der Waals surface area contributed by atoms with Gasteiger partial charge >= 0.3 is 7.60 Å². The fourth-order valence-corrected chi connectivity index (χ4v) is 4.23. The van der Waals surface area contributed by atoms with Crippen molar-refractivity contribution in [1.82, 2.24) is 0 Å². The highest BCUT2D eigenvalue weighted by Crippen LogP contribution is 2.64. The molecular formula is C16H21O3P. The Hall–Kier alpha value is -1.31. The Kier molecular flexibility index (Phi) is 4.85. The van der Waals surface area contributed by atoms with E-state index >= 15 is 0 Å². The van der Waals surface area contributed by atoms with Crippen LogP contribution in [0.5, 0.6) is 0 Å². The van der Waals surface area contributed by atoms with Crippen LogP contribution >= 0.6 is 7.60 Å². The van der Waals surface area contributed by atoms with Gasteiger partial charge < -0.3 is 4.52 Å². The Morgan fingerprint density at radius 2 is 1.80 bits per heavy atom. The van der Waals surface area contributed by atoms with E-state index < -0.39 is 7.60 Å². The average molecular weight is 292 g/mol. The first kappa shape index (κ1) is 15.1. The molecule has 1 heterocycles. The summed E-state index contributed by atoms with van der Waals surface area (Å²) < 4.78 is 24.3. The van der Waals surface area contributed by atoms with Gasteiger partial charge in [0.1, 0.15) is 5.76 Å². The lowest BCUT2D eigenvalue weighted by molar-refractivity contribution is 0.254. The third-order valence-electron chi connectivity index (χ3n) is 3.27. The monoisotopic (exact) mass is 292 g/mol. The molecular weight excluding hydrogens is 271 g/mol. The van der Waals surface area contributed by atoms with Gasteiger partial charge in [-0.05, 0) is 30.6 Å². The van der Waals surface area contributed by atoms with Gasteiger partial charge in [0.15, 0.2) is 0 Å². The van der Waals surface area contributed by atoms with Gasteiger partial charge in [-0.3, -0.25) is 4.52 Å². The fourth-order valence-electron chi connectivity index (χ4n) is 2.28. The van der Waals surface area contributed by atoms with E-state index in [-0.39, 0.29) is 0 Å². The first-order chi connectivity index (χ1) is 9.64. The van der Waals surface area contributed by atoms with Crippen molar-refractivity contribution in [3.05, 3.63) is 53.3 Å². The molecule has 0 spiro atoms. The van der Waals surface area contributed by atoms with Crippen molar-refractivity contribution >= 4 is 12.9 Å². The maximum atomic E-state index is 13.0. The van der Waals surface area contributed by atoms with Crippen LogP contribution in [0.1, 0.15) is 39.2 Å². The number of allylic oxidation sites excluding steroid dienone is 3. The Bertz CT molecular complexity index is 573. The van der Waals surface area contributed by atoms with E-state index in [4.69, 9.17) is 9.05 Å². The van der Waals surface area contributed by atoms with Crippen LogP contribution in [0.25, 0.3) is 5.31 Å². The Morgan fingerprint density at radius 1 is 1.10 bits per heavy atom. The van der Waals surface area contributed by atoms with E-state index in [2.05, 4.69) is 6.92 Å². The van der Waals surface area contributed by atoms with E-state index in [0.717, 1.165) is 29.7 Å². The van der Waals surface area contributed by atoms with Crippen LogP contribution in [-0.2, 0) is 13.6 Å². The Morgan fingerprint density at radius 3 is 2.35 bits per heavy atom. The van der Waals surface area contributed by atoms with Crippen molar-refractivity contribution in [1.29, 1.82) is 0 Å². The molecule has 0 N–H and O–H groups in total. The summed E-state index contributed by atoms with van der Waals surface area (Å²) in [6.45, 7) is 6.27. The summed E-state index contributed by atoms with van der Waals surface area (Å²) in [6.07, 6.45) is 3.55. The van der Waals surface area contributed by atoms with Crippen LogP contribution in [0, 0.1) is 0 Å². The second-order valence-electron chi connectivity index (χ2n) is 4.56. The van der Waals surface area contributed by atoms with Gasteiger partial charge in [0, 0.05) is 6.42 Å². The van der Waals surface area contributed by atoms with Crippen molar-refractivity contribution in [3.8, 4) is 0 Å². The van der Waals surface area contributed by atoms with Crippen molar-refractivity contribution < 1.29 is 13.6 Å². The topological polar surface area (TPSA) is 35.5 Å². The molecule has 0 bridgehead atoms. The zero-order chi connectivity index (χ0) is 14.6. The molecule has 1 atom stereocenters. The first-order valence-corrected chi connectivity index (χ1v) is 8.62. The zero-order valence-electron chi connectivity index (χ0n) is 12.3.